The van der Waals surface area contributed by atoms with Gasteiger partial charge in [-0.1, -0.05) is 6.92 Å². The second-order valence-electron chi connectivity index (χ2n) is 4.58. The second-order valence-corrected chi connectivity index (χ2v) is 4.58. The molecule has 15 heavy (non-hydrogen) atoms. The van der Waals surface area contributed by atoms with Gasteiger partial charge in [-0.2, -0.15) is 5.26 Å². The summed E-state index contributed by atoms with van der Waals surface area (Å²) in [7, 11) is 0. The van der Waals surface area contributed by atoms with Crippen LogP contribution in [-0.4, -0.2) is 48.1 Å². The Morgan fingerprint density at radius 3 is 2.40 bits per heavy atom. The first-order valence-corrected chi connectivity index (χ1v) is 6.04. The van der Waals surface area contributed by atoms with Gasteiger partial charge in [0.05, 0.1) is 12.6 Å². The molecule has 0 radical (unpaired) electrons. The van der Waals surface area contributed by atoms with Gasteiger partial charge < -0.3 is 4.90 Å². The molecule has 0 saturated carbocycles. The Labute approximate surface area is 93.7 Å². The normalized spacial score (nSPS) is 19.7. The van der Waals surface area contributed by atoms with E-state index in [4.69, 9.17) is 5.26 Å². The highest BCUT2D eigenvalue weighted by molar-refractivity contribution is 4.85. The van der Waals surface area contributed by atoms with E-state index in [0.29, 0.717) is 18.6 Å². The lowest BCUT2D eigenvalue weighted by Crippen LogP contribution is -2.46. The molecule has 1 heterocycles. The van der Waals surface area contributed by atoms with Crippen molar-refractivity contribution in [3.63, 3.8) is 0 Å². The Morgan fingerprint density at radius 2 is 2.00 bits per heavy atom. The van der Waals surface area contributed by atoms with Gasteiger partial charge in [0.25, 0.3) is 0 Å². The Bertz CT molecular complexity index is 211. The van der Waals surface area contributed by atoms with Crippen molar-refractivity contribution in [3.8, 4) is 6.07 Å². The SMILES string of the molecule is CCN(CC#N)C1CCN(C(C)C)CC1. The number of nitrogens with zero attached hydrogens (tertiary/aromatic N) is 3. The van der Waals surface area contributed by atoms with E-state index in [0.717, 1.165) is 6.54 Å². The zero-order valence-corrected chi connectivity index (χ0v) is 10.2. The van der Waals surface area contributed by atoms with Crippen LogP contribution in [0.5, 0.6) is 0 Å². The molecule has 0 aromatic heterocycles. The lowest BCUT2D eigenvalue weighted by atomic mass is 10.0. The zero-order valence-electron chi connectivity index (χ0n) is 10.2. The number of nitriles is 1. The summed E-state index contributed by atoms with van der Waals surface area (Å²) in [4.78, 5) is 4.83. The largest absolute Gasteiger partial charge is 0.301 e. The minimum absolute atomic E-state index is 0.586. The van der Waals surface area contributed by atoms with Crippen LogP contribution in [0.2, 0.25) is 0 Å². The topological polar surface area (TPSA) is 30.3 Å². The molecule has 0 spiro atoms. The van der Waals surface area contributed by atoms with Crippen molar-refractivity contribution in [2.24, 2.45) is 0 Å². The van der Waals surface area contributed by atoms with Crippen molar-refractivity contribution < 1.29 is 0 Å². The smallest absolute Gasteiger partial charge is 0.0868 e. The summed E-state index contributed by atoms with van der Waals surface area (Å²) in [6.45, 7) is 10.6. The first-order valence-electron chi connectivity index (χ1n) is 6.04. The van der Waals surface area contributed by atoms with Crippen LogP contribution in [0.3, 0.4) is 0 Å². The Hall–Kier alpha value is -0.590. The molecule has 1 fully saturated rings. The first-order chi connectivity index (χ1) is 7.19. The van der Waals surface area contributed by atoms with Gasteiger partial charge in [0.2, 0.25) is 0 Å². The third kappa shape index (κ3) is 3.48. The van der Waals surface area contributed by atoms with E-state index in [2.05, 4.69) is 36.6 Å². The minimum Gasteiger partial charge on any atom is -0.301 e. The van der Waals surface area contributed by atoms with Crippen LogP contribution < -0.4 is 0 Å². The summed E-state index contributed by atoms with van der Waals surface area (Å²) in [6, 6.07) is 3.56. The standard InChI is InChI=1S/C12H23N3/c1-4-14(10-7-13)12-5-8-15(9-6-12)11(2)3/h11-12H,4-6,8-10H2,1-3H3. The maximum atomic E-state index is 8.74. The van der Waals surface area contributed by atoms with Gasteiger partial charge in [0.1, 0.15) is 0 Å². The van der Waals surface area contributed by atoms with E-state index in [1.165, 1.54) is 25.9 Å². The van der Waals surface area contributed by atoms with Crippen molar-refractivity contribution in [3.05, 3.63) is 0 Å². The molecule has 1 aliphatic rings. The fourth-order valence-corrected chi connectivity index (χ4v) is 2.36. The highest BCUT2D eigenvalue weighted by Gasteiger charge is 2.24. The van der Waals surface area contributed by atoms with Crippen molar-refractivity contribution in [2.75, 3.05) is 26.2 Å². The molecule has 0 amide bonds. The number of hydrogen-bond donors (Lipinski definition) is 0. The van der Waals surface area contributed by atoms with Crippen LogP contribution in [-0.2, 0) is 0 Å². The minimum atomic E-state index is 0.586. The third-order valence-electron chi connectivity index (χ3n) is 3.43. The molecule has 86 valence electrons. The van der Waals surface area contributed by atoms with Crippen LogP contribution in [0, 0.1) is 11.3 Å². The van der Waals surface area contributed by atoms with E-state index in [1.807, 2.05) is 0 Å². The molecule has 3 heteroatoms. The van der Waals surface area contributed by atoms with Gasteiger partial charge in [-0.25, -0.2) is 0 Å². The molecule has 0 aromatic carbocycles. The van der Waals surface area contributed by atoms with Gasteiger partial charge in [0, 0.05) is 12.1 Å². The fraction of sp³-hybridized carbons (Fsp3) is 0.917. The molecule has 0 N–H and O–H groups in total. The van der Waals surface area contributed by atoms with Gasteiger partial charge in [0.15, 0.2) is 0 Å². The maximum Gasteiger partial charge on any atom is 0.0868 e. The summed E-state index contributed by atoms with van der Waals surface area (Å²) >= 11 is 0. The average Bonchev–Trinajstić information content (AvgIpc) is 2.26. The van der Waals surface area contributed by atoms with Gasteiger partial charge in [-0.15, -0.1) is 0 Å². The van der Waals surface area contributed by atoms with E-state index in [9.17, 15) is 0 Å². The maximum absolute atomic E-state index is 8.74. The second kappa shape index (κ2) is 6.09. The molecule has 1 saturated heterocycles. The van der Waals surface area contributed by atoms with Crippen molar-refractivity contribution >= 4 is 0 Å². The van der Waals surface area contributed by atoms with Gasteiger partial charge in [-0.05, 0) is 46.3 Å². The summed E-state index contributed by atoms with van der Waals surface area (Å²) in [5, 5.41) is 8.74. The molecule has 3 nitrogen and oxygen atoms in total. The summed E-state index contributed by atoms with van der Waals surface area (Å²) in [5.41, 5.74) is 0. The van der Waals surface area contributed by atoms with Crippen molar-refractivity contribution in [2.45, 2.75) is 45.7 Å². The van der Waals surface area contributed by atoms with Crippen molar-refractivity contribution in [1.82, 2.24) is 9.80 Å². The highest BCUT2D eigenvalue weighted by Crippen LogP contribution is 2.17. The Morgan fingerprint density at radius 1 is 1.40 bits per heavy atom. The van der Waals surface area contributed by atoms with Crippen LogP contribution in [0.25, 0.3) is 0 Å². The van der Waals surface area contributed by atoms with Crippen LogP contribution >= 0.6 is 0 Å². The summed E-state index contributed by atoms with van der Waals surface area (Å²) in [6.07, 6.45) is 2.43. The molecule has 0 bridgehead atoms. The Balaban J connectivity index is 2.39. The number of rotatable bonds is 4. The van der Waals surface area contributed by atoms with Crippen molar-refractivity contribution in [1.29, 1.82) is 5.26 Å². The van der Waals surface area contributed by atoms with E-state index in [-0.39, 0.29) is 0 Å². The molecule has 0 atom stereocenters. The predicted molar refractivity (Wildman–Crippen MR) is 62.6 cm³/mol. The van der Waals surface area contributed by atoms with Crippen LogP contribution in [0.1, 0.15) is 33.6 Å². The highest BCUT2D eigenvalue weighted by atomic mass is 15.2. The number of likely N-dealkylation sites (tertiary alicyclic amines) is 1. The van der Waals surface area contributed by atoms with E-state index < -0.39 is 0 Å². The summed E-state index contributed by atoms with van der Waals surface area (Å²) in [5.74, 6) is 0. The molecule has 1 rings (SSSR count). The molecular weight excluding hydrogens is 186 g/mol. The van der Waals surface area contributed by atoms with E-state index >= 15 is 0 Å². The average molecular weight is 209 g/mol. The van der Waals surface area contributed by atoms with Crippen LogP contribution in [0.15, 0.2) is 0 Å². The van der Waals surface area contributed by atoms with Crippen LogP contribution in [0.4, 0.5) is 0 Å². The first kappa shape index (κ1) is 12.5. The lowest BCUT2D eigenvalue weighted by Gasteiger charge is -2.38. The Kier molecular flexibility index (Phi) is 5.07. The van der Waals surface area contributed by atoms with Gasteiger partial charge >= 0.3 is 0 Å². The molecule has 0 aliphatic carbocycles. The lowest BCUT2D eigenvalue weighted by molar-refractivity contribution is 0.103. The fourth-order valence-electron chi connectivity index (χ4n) is 2.36. The zero-order chi connectivity index (χ0) is 11.3. The molecule has 0 unspecified atom stereocenters. The monoisotopic (exact) mass is 209 g/mol. The quantitative estimate of drug-likeness (QED) is 0.660. The van der Waals surface area contributed by atoms with Gasteiger partial charge in [-0.3, -0.25) is 4.90 Å². The number of piperidine rings is 1. The molecule has 1 aliphatic heterocycles. The molecular formula is C12H23N3. The predicted octanol–water partition coefficient (Wildman–Crippen LogP) is 1.70. The molecule has 0 aromatic rings. The summed E-state index contributed by atoms with van der Waals surface area (Å²) < 4.78 is 0. The van der Waals surface area contributed by atoms with E-state index in [1.54, 1.807) is 0 Å². The third-order valence-corrected chi connectivity index (χ3v) is 3.43. The number of hydrogen-bond acceptors (Lipinski definition) is 3.